The molecule has 0 saturated carbocycles. The van der Waals surface area contributed by atoms with Crippen molar-refractivity contribution in [3.63, 3.8) is 0 Å². The third-order valence-corrected chi connectivity index (χ3v) is 1.93. The lowest BCUT2D eigenvalue weighted by molar-refractivity contribution is 1.14. The van der Waals surface area contributed by atoms with Crippen LogP contribution in [0.1, 0.15) is 6.92 Å². The van der Waals surface area contributed by atoms with Gasteiger partial charge in [-0.25, -0.2) is 4.98 Å². The number of nitrogens with one attached hydrogen (secondary N) is 1. The zero-order chi connectivity index (χ0) is 10.5. The van der Waals surface area contributed by atoms with Gasteiger partial charge in [0.2, 0.25) is 0 Å². The molecule has 0 atom stereocenters. The van der Waals surface area contributed by atoms with Gasteiger partial charge in [-0.15, -0.1) is 0 Å². The van der Waals surface area contributed by atoms with E-state index in [9.17, 15) is 0 Å². The molecule has 0 amide bonds. The second-order valence-electron chi connectivity index (χ2n) is 3.03. The SMILES string of the molecule is CCNc1cccc(-c2cnccn2)n1. The molecular weight excluding hydrogens is 188 g/mol. The van der Waals surface area contributed by atoms with Crippen molar-refractivity contribution in [1.82, 2.24) is 15.0 Å². The van der Waals surface area contributed by atoms with E-state index < -0.39 is 0 Å². The maximum Gasteiger partial charge on any atom is 0.126 e. The summed E-state index contributed by atoms with van der Waals surface area (Å²) in [5.74, 6) is 0.862. The quantitative estimate of drug-likeness (QED) is 0.823. The molecule has 0 bridgehead atoms. The van der Waals surface area contributed by atoms with Crippen molar-refractivity contribution in [2.24, 2.45) is 0 Å². The third-order valence-electron chi connectivity index (χ3n) is 1.93. The highest BCUT2D eigenvalue weighted by Gasteiger charge is 2.00. The van der Waals surface area contributed by atoms with Crippen molar-refractivity contribution in [1.29, 1.82) is 0 Å². The first-order chi connectivity index (χ1) is 7.40. The Morgan fingerprint density at radius 2 is 2.13 bits per heavy atom. The van der Waals surface area contributed by atoms with E-state index in [-0.39, 0.29) is 0 Å². The van der Waals surface area contributed by atoms with Gasteiger partial charge < -0.3 is 5.32 Å². The molecular formula is C11H12N4. The lowest BCUT2D eigenvalue weighted by atomic mass is 10.3. The van der Waals surface area contributed by atoms with Gasteiger partial charge in [-0.2, -0.15) is 0 Å². The van der Waals surface area contributed by atoms with Crippen LogP contribution in [0.2, 0.25) is 0 Å². The fraction of sp³-hybridized carbons (Fsp3) is 0.182. The minimum atomic E-state index is 0.789. The van der Waals surface area contributed by atoms with Crippen molar-refractivity contribution < 1.29 is 0 Å². The maximum atomic E-state index is 4.42. The molecule has 2 aromatic heterocycles. The molecule has 2 rings (SSSR count). The molecule has 4 nitrogen and oxygen atoms in total. The van der Waals surface area contributed by atoms with Crippen LogP contribution in [0, 0.1) is 0 Å². The largest absolute Gasteiger partial charge is 0.370 e. The molecule has 0 spiro atoms. The van der Waals surface area contributed by atoms with Crippen LogP contribution in [0.25, 0.3) is 11.4 Å². The van der Waals surface area contributed by atoms with Gasteiger partial charge in [0.1, 0.15) is 11.5 Å². The molecule has 0 aliphatic heterocycles. The zero-order valence-corrected chi connectivity index (χ0v) is 8.51. The van der Waals surface area contributed by atoms with Crippen molar-refractivity contribution in [3.8, 4) is 11.4 Å². The first kappa shape index (κ1) is 9.58. The summed E-state index contributed by atoms with van der Waals surface area (Å²) >= 11 is 0. The number of nitrogens with zero attached hydrogens (tertiary/aromatic N) is 3. The molecule has 2 aromatic rings. The van der Waals surface area contributed by atoms with E-state index in [0.717, 1.165) is 23.8 Å². The highest BCUT2D eigenvalue weighted by Crippen LogP contribution is 2.14. The fourth-order valence-electron chi connectivity index (χ4n) is 1.29. The number of hydrogen-bond acceptors (Lipinski definition) is 4. The van der Waals surface area contributed by atoms with Gasteiger partial charge in [0.05, 0.1) is 11.9 Å². The van der Waals surface area contributed by atoms with Crippen LogP contribution in [0.4, 0.5) is 5.82 Å². The van der Waals surface area contributed by atoms with Crippen LogP contribution < -0.4 is 5.32 Å². The van der Waals surface area contributed by atoms with Crippen molar-refractivity contribution in [2.75, 3.05) is 11.9 Å². The summed E-state index contributed by atoms with van der Waals surface area (Å²) in [5.41, 5.74) is 1.62. The number of rotatable bonds is 3. The molecule has 76 valence electrons. The van der Waals surface area contributed by atoms with E-state index in [1.165, 1.54) is 0 Å². The van der Waals surface area contributed by atoms with Crippen molar-refractivity contribution >= 4 is 5.82 Å². The Kier molecular flexibility index (Phi) is 2.88. The van der Waals surface area contributed by atoms with E-state index in [1.807, 2.05) is 25.1 Å². The van der Waals surface area contributed by atoms with Crippen LogP contribution in [-0.4, -0.2) is 21.5 Å². The summed E-state index contributed by atoms with van der Waals surface area (Å²) in [6.45, 7) is 2.90. The van der Waals surface area contributed by atoms with Gasteiger partial charge in [0, 0.05) is 18.9 Å². The predicted molar refractivity (Wildman–Crippen MR) is 59.4 cm³/mol. The van der Waals surface area contributed by atoms with Crippen LogP contribution in [0.5, 0.6) is 0 Å². The second kappa shape index (κ2) is 4.50. The molecule has 1 N–H and O–H groups in total. The molecule has 0 fully saturated rings. The average Bonchev–Trinajstić information content (AvgIpc) is 2.31. The van der Waals surface area contributed by atoms with Crippen LogP contribution >= 0.6 is 0 Å². The molecule has 15 heavy (non-hydrogen) atoms. The predicted octanol–water partition coefficient (Wildman–Crippen LogP) is 1.97. The molecule has 0 aromatic carbocycles. The highest BCUT2D eigenvalue weighted by atomic mass is 15.0. The van der Waals surface area contributed by atoms with Gasteiger partial charge in [-0.1, -0.05) is 6.07 Å². The molecule has 0 aliphatic carbocycles. The summed E-state index contributed by atoms with van der Waals surface area (Å²) in [6.07, 6.45) is 5.02. The molecule has 0 aliphatic rings. The van der Waals surface area contributed by atoms with Gasteiger partial charge >= 0.3 is 0 Å². The van der Waals surface area contributed by atoms with Gasteiger partial charge in [-0.05, 0) is 19.1 Å². The Labute approximate surface area is 88.4 Å². The van der Waals surface area contributed by atoms with Crippen LogP contribution in [0.3, 0.4) is 0 Å². The lowest BCUT2D eigenvalue weighted by Gasteiger charge is -2.04. The van der Waals surface area contributed by atoms with E-state index in [1.54, 1.807) is 18.6 Å². The maximum absolute atomic E-state index is 4.42. The summed E-state index contributed by atoms with van der Waals surface area (Å²) in [4.78, 5) is 12.6. The van der Waals surface area contributed by atoms with Gasteiger partial charge in [0.15, 0.2) is 0 Å². The van der Waals surface area contributed by atoms with Crippen molar-refractivity contribution in [3.05, 3.63) is 36.8 Å². The first-order valence-electron chi connectivity index (χ1n) is 4.87. The van der Waals surface area contributed by atoms with Crippen LogP contribution in [-0.2, 0) is 0 Å². The molecule has 4 heteroatoms. The number of pyridine rings is 1. The van der Waals surface area contributed by atoms with Crippen molar-refractivity contribution in [2.45, 2.75) is 6.92 Å². The number of anilines is 1. The Morgan fingerprint density at radius 1 is 1.20 bits per heavy atom. The highest BCUT2D eigenvalue weighted by molar-refractivity contribution is 5.55. The molecule has 0 radical (unpaired) electrons. The number of hydrogen-bond donors (Lipinski definition) is 1. The summed E-state index contributed by atoms with van der Waals surface area (Å²) in [7, 11) is 0. The Hall–Kier alpha value is -1.97. The Balaban J connectivity index is 2.33. The van der Waals surface area contributed by atoms with Gasteiger partial charge in [0.25, 0.3) is 0 Å². The van der Waals surface area contributed by atoms with E-state index in [4.69, 9.17) is 0 Å². The minimum Gasteiger partial charge on any atom is -0.370 e. The smallest absolute Gasteiger partial charge is 0.126 e. The Morgan fingerprint density at radius 3 is 2.87 bits per heavy atom. The third kappa shape index (κ3) is 2.28. The first-order valence-corrected chi connectivity index (χ1v) is 4.87. The molecule has 0 unspecified atom stereocenters. The number of aromatic nitrogens is 3. The Bertz CT molecular complexity index is 428. The van der Waals surface area contributed by atoms with E-state index in [0.29, 0.717) is 0 Å². The molecule has 2 heterocycles. The fourth-order valence-corrected chi connectivity index (χ4v) is 1.29. The van der Waals surface area contributed by atoms with Gasteiger partial charge in [-0.3, -0.25) is 9.97 Å². The normalized spacial score (nSPS) is 9.93. The summed E-state index contributed by atoms with van der Waals surface area (Å²) in [6, 6.07) is 5.81. The monoisotopic (exact) mass is 200 g/mol. The standard InChI is InChI=1S/C11H12N4/c1-2-13-11-5-3-4-9(15-11)10-8-12-6-7-14-10/h3-8H,2H2,1H3,(H,13,15). The lowest BCUT2D eigenvalue weighted by Crippen LogP contribution is -1.99. The summed E-state index contributed by atoms with van der Waals surface area (Å²) in [5, 5.41) is 3.16. The zero-order valence-electron chi connectivity index (χ0n) is 8.51. The van der Waals surface area contributed by atoms with Crippen LogP contribution in [0.15, 0.2) is 36.8 Å². The second-order valence-corrected chi connectivity index (χ2v) is 3.03. The molecule has 0 saturated heterocycles. The van der Waals surface area contributed by atoms with E-state index in [2.05, 4.69) is 20.3 Å². The average molecular weight is 200 g/mol. The topological polar surface area (TPSA) is 50.7 Å². The minimum absolute atomic E-state index is 0.789. The van der Waals surface area contributed by atoms with E-state index >= 15 is 0 Å². The summed E-state index contributed by atoms with van der Waals surface area (Å²) < 4.78 is 0.